The first-order chi connectivity index (χ1) is 9.21. The SMILES string of the molecule is CCCCC(CC)C(O)C#Cc1ccc(OC)cc1. The van der Waals surface area contributed by atoms with Crippen molar-refractivity contribution in [1.29, 1.82) is 0 Å². The molecule has 1 aromatic rings. The van der Waals surface area contributed by atoms with Crippen LogP contribution in [-0.4, -0.2) is 18.3 Å². The van der Waals surface area contributed by atoms with Crippen molar-refractivity contribution in [2.45, 2.75) is 45.6 Å². The summed E-state index contributed by atoms with van der Waals surface area (Å²) in [5, 5.41) is 10.1. The Labute approximate surface area is 116 Å². The van der Waals surface area contributed by atoms with Crippen LogP contribution in [0.5, 0.6) is 5.75 Å². The molecule has 2 nitrogen and oxygen atoms in total. The Morgan fingerprint density at radius 2 is 1.89 bits per heavy atom. The monoisotopic (exact) mass is 260 g/mol. The van der Waals surface area contributed by atoms with E-state index in [9.17, 15) is 5.11 Å². The van der Waals surface area contributed by atoms with Crippen LogP contribution in [0.3, 0.4) is 0 Å². The molecule has 1 N–H and O–H groups in total. The highest BCUT2D eigenvalue weighted by atomic mass is 16.5. The average Bonchev–Trinajstić information content (AvgIpc) is 2.46. The smallest absolute Gasteiger partial charge is 0.118 e. The van der Waals surface area contributed by atoms with Crippen LogP contribution < -0.4 is 4.74 Å². The van der Waals surface area contributed by atoms with E-state index in [4.69, 9.17) is 4.74 Å². The number of rotatable bonds is 6. The van der Waals surface area contributed by atoms with Crippen molar-refractivity contribution in [2.75, 3.05) is 7.11 Å². The first-order valence-corrected chi connectivity index (χ1v) is 7.04. The Hall–Kier alpha value is -1.46. The predicted molar refractivity (Wildman–Crippen MR) is 79.2 cm³/mol. The maximum absolute atomic E-state index is 10.1. The number of hydrogen-bond donors (Lipinski definition) is 1. The second-order valence-corrected chi connectivity index (χ2v) is 4.75. The standard InChI is InChI=1S/C17H24O2/c1-4-6-7-15(5-2)17(18)13-10-14-8-11-16(19-3)12-9-14/h8-9,11-12,15,17-18H,4-7H2,1-3H3. The van der Waals surface area contributed by atoms with Gasteiger partial charge in [-0.15, -0.1) is 0 Å². The lowest BCUT2D eigenvalue weighted by Gasteiger charge is -2.16. The Morgan fingerprint density at radius 3 is 2.42 bits per heavy atom. The van der Waals surface area contributed by atoms with E-state index in [-0.39, 0.29) is 5.92 Å². The molecule has 0 aliphatic carbocycles. The van der Waals surface area contributed by atoms with Crippen LogP contribution in [0.2, 0.25) is 0 Å². The van der Waals surface area contributed by atoms with Gasteiger partial charge in [-0.1, -0.05) is 38.5 Å². The highest BCUT2D eigenvalue weighted by Crippen LogP contribution is 2.17. The van der Waals surface area contributed by atoms with Crippen molar-refractivity contribution >= 4 is 0 Å². The van der Waals surface area contributed by atoms with Crippen LogP contribution in [0.15, 0.2) is 24.3 Å². The van der Waals surface area contributed by atoms with E-state index in [0.717, 1.165) is 37.0 Å². The zero-order valence-corrected chi connectivity index (χ0v) is 12.1. The van der Waals surface area contributed by atoms with E-state index in [1.807, 2.05) is 24.3 Å². The molecule has 0 aromatic heterocycles. The number of methoxy groups -OCH3 is 1. The summed E-state index contributed by atoms with van der Waals surface area (Å²) in [7, 11) is 1.64. The summed E-state index contributed by atoms with van der Waals surface area (Å²) in [5.74, 6) is 7.10. The highest BCUT2D eigenvalue weighted by molar-refractivity contribution is 5.38. The largest absolute Gasteiger partial charge is 0.497 e. The van der Waals surface area contributed by atoms with Crippen LogP contribution in [0.1, 0.15) is 45.1 Å². The fourth-order valence-electron chi connectivity index (χ4n) is 2.00. The lowest BCUT2D eigenvalue weighted by atomic mass is 9.93. The number of aliphatic hydroxyl groups excluding tert-OH is 1. The molecule has 2 heteroatoms. The van der Waals surface area contributed by atoms with Gasteiger partial charge in [0.15, 0.2) is 0 Å². The fourth-order valence-corrected chi connectivity index (χ4v) is 2.00. The number of hydrogen-bond acceptors (Lipinski definition) is 2. The van der Waals surface area contributed by atoms with Crippen molar-refractivity contribution in [3.63, 3.8) is 0 Å². The molecule has 1 rings (SSSR count). The Bertz CT molecular complexity index is 411. The molecule has 0 saturated heterocycles. The van der Waals surface area contributed by atoms with E-state index in [1.165, 1.54) is 0 Å². The summed E-state index contributed by atoms with van der Waals surface area (Å²) in [4.78, 5) is 0. The van der Waals surface area contributed by atoms with Gasteiger partial charge in [0, 0.05) is 5.56 Å². The van der Waals surface area contributed by atoms with Crippen molar-refractivity contribution in [3.8, 4) is 17.6 Å². The summed E-state index contributed by atoms with van der Waals surface area (Å²) in [6.45, 7) is 4.28. The zero-order chi connectivity index (χ0) is 14.1. The summed E-state index contributed by atoms with van der Waals surface area (Å²) >= 11 is 0. The summed E-state index contributed by atoms with van der Waals surface area (Å²) < 4.78 is 5.10. The molecule has 0 spiro atoms. The average molecular weight is 260 g/mol. The van der Waals surface area contributed by atoms with Crippen LogP contribution in [-0.2, 0) is 0 Å². The third-order valence-electron chi connectivity index (χ3n) is 3.35. The summed E-state index contributed by atoms with van der Waals surface area (Å²) in [6, 6.07) is 7.58. The zero-order valence-electron chi connectivity index (χ0n) is 12.1. The van der Waals surface area contributed by atoms with Crippen molar-refractivity contribution in [1.82, 2.24) is 0 Å². The molecule has 0 aliphatic rings. The van der Waals surface area contributed by atoms with E-state index in [2.05, 4.69) is 25.7 Å². The van der Waals surface area contributed by atoms with Crippen molar-refractivity contribution in [3.05, 3.63) is 29.8 Å². The summed E-state index contributed by atoms with van der Waals surface area (Å²) in [6.07, 6.45) is 3.80. The minimum Gasteiger partial charge on any atom is -0.497 e. The molecule has 0 heterocycles. The summed E-state index contributed by atoms with van der Waals surface area (Å²) in [5.41, 5.74) is 0.908. The molecule has 0 amide bonds. The first-order valence-electron chi connectivity index (χ1n) is 7.04. The van der Waals surface area contributed by atoms with E-state index in [1.54, 1.807) is 7.11 Å². The topological polar surface area (TPSA) is 29.5 Å². The molecule has 0 fully saturated rings. The van der Waals surface area contributed by atoms with E-state index >= 15 is 0 Å². The van der Waals surface area contributed by atoms with Gasteiger partial charge in [-0.2, -0.15) is 0 Å². The maximum Gasteiger partial charge on any atom is 0.118 e. The van der Waals surface area contributed by atoms with Gasteiger partial charge in [0.2, 0.25) is 0 Å². The van der Waals surface area contributed by atoms with Gasteiger partial charge in [-0.25, -0.2) is 0 Å². The molecule has 0 saturated carbocycles. The molecule has 0 bridgehead atoms. The van der Waals surface area contributed by atoms with Gasteiger partial charge in [0.1, 0.15) is 11.9 Å². The Balaban J connectivity index is 2.63. The highest BCUT2D eigenvalue weighted by Gasteiger charge is 2.14. The quantitative estimate of drug-likeness (QED) is 0.792. The molecule has 0 aliphatic heterocycles. The second-order valence-electron chi connectivity index (χ2n) is 4.75. The molecule has 19 heavy (non-hydrogen) atoms. The molecule has 1 aromatic carbocycles. The molecular formula is C17H24O2. The van der Waals surface area contributed by atoms with E-state index < -0.39 is 6.10 Å². The third kappa shape index (κ3) is 5.36. The minimum absolute atomic E-state index is 0.283. The third-order valence-corrected chi connectivity index (χ3v) is 3.35. The number of ether oxygens (including phenoxy) is 1. The number of aliphatic hydroxyl groups is 1. The van der Waals surface area contributed by atoms with Gasteiger partial charge >= 0.3 is 0 Å². The van der Waals surface area contributed by atoms with E-state index in [0.29, 0.717) is 0 Å². The predicted octanol–water partition coefficient (Wildman–Crippen LogP) is 3.62. The van der Waals surface area contributed by atoms with Gasteiger partial charge in [0.25, 0.3) is 0 Å². The minimum atomic E-state index is -0.529. The van der Waals surface area contributed by atoms with Crippen molar-refractivity contribution < 1.29 is 9.84 Å². The molecule has 104 valence electrons. The van der Waals surface area contributed by atoms with Gasteiger partial charge < -0.3 is 9.84 Å². The van der Waals surface area contributed by atoms with Crippen LogP contribution in [0.4, 0.5) is 0 Å². The number of unbranched alkanes of at least 4 members (excludes halogenated alkanes) is 1. The second kappa shape index (κ2) is 8.61. The van der Waals surface area contributed by atoms with Crippen LogP contribution in [0, 0.1) is 17.8 Å². The lowest BCUT2D eigenvalue weighted by Crippen LogP contribution is -2.17. The normalized spacial score (nSPS) is 13.3. The molecular weight excluding hydrogens is 236 g/mol. The lowest BCUT2D eigenvalue weighted by molar-refractivity contribution is 0.150. The fraction of sp³-hybridized carbons (Fsp3) is 0.529. The molecule has 0 radical (unpaired) electrons. The van der Waals surface area contributed by atoms with Crippen molar-refractivity contribution in [2.24, 2.45) is 5.92 Å². The Morgan fingerprint density at radius 1 is 1.21 bits per heavy atom. The van der Waals surface area contributed by atoms with Crippen LogP contribution >= 0.6 is 0 Å². The molecule has 2 unspecified atom stereocenters. The first kappa shape index (κ1) is 15.6. The van der Waals surface area contributed by atoms with Crippen LogP contribution in [0.25, 0.3) is 0 Å². The van der Waals surface area contributed by atoms with Gasteiger partial charge in [0.05, 0.1) is 7.11 Å². The molecule has 2 atom stereocenters. The number of benzene rings is 1. The Kier molecular flexibility index (Phi) is 7.07. The van der Waals surface area contributed by atoms with Gasteiger partial charge in [-0.3, -0.25) is 0 Å². The maximum atomic E-state index is 10.1. The van der Waals surface area contributed by atoms with Gasteiger partial charge in [-0.05, 0) is 43.0 Å².